The van der Waals surface area contributed by atoms with E-state index in [9.17, 15) is 8.42 Å². The number of benzene rings is 1. The molecule has 2 fully saturated rings. The molecular weight excluding hydrogens is 334 g/mol. The van der Waals surface area contributed by atoms with E-state index < -0.39 is 10.0 Å². The normalized spacial score (nSPS) is 24.7. The molecule has 0 saturated carbocycles. The topological polar surface area (TPSA) is 53.5 Å². The molecule has 1 spiro atoms. The van der Waals surface area contributed by atoms with Crippen molar-refractivity contribution in [2.75, 3.05) is 31.1 Å². The van der Waals surface area contributed by atoms with Crippen LogP contribution in [0.25, 0.3) is 0 Å². The van der Waals surface area contributed by atoms with Gasteiger partial charge in [0.05, 0.1) is 4.90 Å². The second-order valence-electron chi connectivity index (χ2n) is 7.11. The van der Waals surface area contributed by atoms with Crippen LogP contribution in [0.5, 0.6) is 0 Å². The molecule has 0 aliphatic carbocycles. The number of nitrogens with zero attached hydrogens (tertiary/aromatic N) is 3. The average Bonchev–Trinajstić information content (AvgIpc) is 3.07. The third-order valence-electron chi connectivity index (χ3n) is 5.42. The van der Waals surface area contributed by atoms with Crippen LogP contribution in [0.2, 0.25) is 0 Å². The number of sulfonamides is 1. The molecule has 0 radical (unpaired) electrons. The third kappa shape index (κ3) is 3.16. The van der Waals surface area contributed by atoms with Gasteiger partial charge in [0.25, 0.3) is 0 Å². The quantitative estimate of drug-likeness (QED) is 0.848. The molecule has 1 aromatic heterocycles. The molecule has 1 atom stereocenters. The van der Waals surface area contributed by atoms with Crippen LogP contribution in [-0.2, 0) is 10.0 Å². The highest BCUT2D eigenvalue weighted by molar-refractivity contribution is 7.89. The van der Waals surface area contributed by atoms with Crippen LogP contribution in [0.4, 0.5) is 5.82 Å². The van der Waals surface area contributed by atoms with E-state index in [0.717, 1.165) is 38.2 Å². The summed E-state index contributed by atoms with van der Waals surface area (Å²) in [7, 11) is -3.40. The summed E-state index contributed by atoms with van der Waals surface area (Å²) >= 11 is 0. The first-order chi connectivity index (χ1) is 12.1. The van der Waals surface area contributed by atoms with E-state index in [1.165, 1.54) is 0 Å². The van der Waals surface area contributed by atoms with E-state index >= 15 is 0 Å². The summed E-state index contributed by atoms with van der Waals surface area (Å²) in [5.74, 6) is 0.992. The lowest BCUT2D eigenvalue weighted by Gasteiger charge is -2.41. The molecule has 4 rings (SSSR count). The molecule has 0 bridgehead atoms. The van der Waals surface area contributed by atoms with Gasteiger partial charge in [-0.15, -0.1) is 0 Å². The van der Waals surface area contributed by atoms with E-state index in [-0.39, 0.29) is 5.41 Å². The van der Waals surface area contributed by atoms with E-state index in [1.54, 1.807) is 28.6 Å². The monoisotopic (exact) mass is 357 g/mol. The minimum atomic E-state index is -3.40. The van der Waals surface area contributed by atoms with Crippen LogP contribution in [0, 0.1) is 5.41 Å². The summed E-state index contributed by atoms with van der Waals surface area (Å²) in [6.45, 7) is 3.08. The van der Waals surface area contributed by atoms with Gasteiger partial charge in [-0.05, 0) is 43.5 Å². The molecule has 0 amide bonds. The first kappa shape index (κ1) is 16.5. The van der Waals surface area contributed by atoms with Gasteiger partial charge in [-0.1, -0.05) is 24.3 Å². The van der Waals surface area contributed by atoms with Crippen molar-refractivity contribution < 1.29 is 8.42 Å². The minimum absolute atomic E-state index is 0.0393. The fraction of sp³-hybridized carbons (Fsp3) is 0.421. The molecule has 6 heteroatoms. The van der Waals surface area contributed by atoms with Crippen molar-refractivity contribution in [3.63, 3.8) is 0 Å². The average molecular weight is 357 g/mol. The lowest BCUT2D eigenvalue weighted by molar-refractivity contribution is 0.247. The Hall–Kier alpha value is -1.92. The van der Waals surface area contributed by atoms with Gasteiger partial charge in [-0.2, -0.15) is 4.31 Å². The molecule has 2 aliphatic rings. The Morgan fingerprint density at radius 1 is 0.920 bits per heavy atom. The SMILES string of the molecule is O=S(=O)(c1ccccc1)N1CC[C@]2(CCCN(c3ccccn3)C2)C1. The molecule has 2 aromatic rings. The highest BCUT2D eigenvalue weighted by Crippen LogP contribution is 2.41. The van der Waals surface area contributed by atoms with Crippen LogP contribution in [0.3, 0.4) is 0 Å². The number of anilines is 1. The number of pyridine rings is 1. The van der Waals surface area contributed by atoms with Crippen LogP contribution < -0.4 is 4.90 Å². The Morgan fingerprint density at radius 3 is 2.48 bits per heavy atom. The fourth-order valence-corrected chi connectivity index (χ4v) is 5.69. The second kappa shape index (κ2) is 6.42. The fourth-order valence-electron chi connectivity index (χ4n) is 4.12. The standard InChI is InChI=1S/C19H23N3O2S/c23-25(24,17-7-2-1-3-8-17)22-14-11-19(16-22)10-6-13-21(15-19)18-9-4-5-12-20-18/h1-5,7-9,12H,6,10-11,13-16H2/t19-/m0/s1. The Bertz CT molecular complexity index is 826. The highest BCUT2D eigenvalue weighted by atomic mass is 32.2. The summed E-state index contributed by atoms with van der Waals surface area (Å²) in [6, 6.07) is 14.7. The first-order valence-corrected chi connectivity index (χ1v) is 10.2. The molecule has 132 valence electrons. The van der Waals surface area contributed by atoms with Crippen LogP contribution in [0.15, 0.2) is 59.6 Å². The van der Waals surface area contributed by atoms with Crippen LogP contribution in [0.1, 0.15) is 19.3 Å². The van der Waals surface area contributed by atoms with Gasteiger partial charge in [0.1, 0.15) is 5.82 Å². The smallest absolute Gasteiger partial charge is 0.243 e. The number of rotatable bonds is 3. The molecular formula is C19H23N3O2S. The number of aromatic nitrogens is 1. The summed E-state index contributed by atoms with van der Waals surface area (Å²) in [4.78, 5) is 7.17. The molecule has 2 aliphatic heterocycles. The number of hydrogen-bond donors (Lipinski definition) is 0. The molecule has 5 nitrogen and oxygen atoms in total. The maximum atomic E-state index is 12.9. The second-order valence-corrected chi connectivity index (χ2v) is 9.05. The highest BCUT2D eigenvalue weighted by Gasteiger charge is 2.45. The van der Waals surface area contributed by atoms with Crippen molar-refractivity contribution in [3.8, 4) is 0 Å². The number of piperidine rings is 1. The third-order valence-corrected chi connectivity index (χ3v) is 7.28. The van der Waals surface area contributed by atoms with Crippen LogP contribution in [-0.4, -0.2) is 43.9 Å². The first-order valence-electron chi connectivity index (χ1n) is 8.80. The minimum Gasteiger partial charge on any atom is -0.356 e. The summed E-state index contributed by atoms with van der Waals surface area (Å²) in [5, 5.41) is 0. The zero-order valence-corrected chi connectivity index (χ0v) is 15.0. The van der Waals surface area contributed by atoms with Gasteiger partial charge >= 0.3 is 0 Å². The van der Waals surface area contributed by atoms with E-state index in [0.29, 0.717) is 18.0 Å². The maximum absolute atomic E-state index is 12.9. The van der Waals surface area contributed by atoms with E-state index in [1.807, 2.05) is 30.5 Å². The van der Waals surface area contributed by atoms with Crippen molar-refractivity contribution in [1.82, 2.24) is 9.29 Å². The summed E-state index contributed by atoms with van der Waals surface area (Å²) in [5.41, 5.74) is 0.0393. The Kier molecular flexibility index (Phi) is 4.25. The molecule has 2 saturated heterocycles. The maximum Gasteiger partial charge on any atom is 0.243 e. The molecule has 3 heterocycles. The van der Waals surface area contributed by atoms with Crippen molar-refractivity contribution in [1.29, 1.82) is 0 Å². The zero-order chi connectivity index (χ0) is 17.3. The number of hydrogen-bond acceptors (Lipinski definition) is 4. The van der Waals surface area contributed by atoms with Crippen LogP contribution >= 0.6 is 0 Å². The predicted molar refractivity (Wildman–Crippen MR) is 97.9 cm³/mol. The Labute approximate surface area is 149 Å². The summed E-state index contributed by atoms with van der Waals surface area (Å²) < 4.78 is 27.5. The molecule has 0 unspecified atom stereocenters. The van der Waals surface area contributed by atoms with Gasteiger partial charge in [0, 0.05) is 37.8 Å². The van der Waals surface area contributed by atoms with Crippen molar-refractivity contribution in [3.05, 3.63) is 54.7 Å². The largest absolute Gasteiger partial charge is 0.356 e. The zero-order valence-electron chi connectivity index (χ0n) is 14.2. The molecule has 1 aromatic carbocycles. The lowest BCUT2D eigenvalue weighted by Crippen LogP contribution is -2.45. The molecule has 0 N–H and O–H groups in total. The van der Waals surface area contributed by atoms with E-state index in [2.05, 4.69) is 9.88 Å². The van der Waals surface area contributed by atoms with Gasteiger partial charge in [-0.25, -0.2) is 13.4 Å². The van der Waals surface area contributed by atoms with Gasteiger partial charge in [0.2, 0.25) is 10.0 Å². The van der Waals surface area contributed by atoms with Gasteiger partial charge < -0.3 is 4.90 Å². The van der Waals surface area contributed by atoms with Crippen molar-refractivity contribution in [2.45, 2.75) is 24.2 Å². The van der Waals surface area contributed by atoms with E-state index in [4.69, 9.17) is 0 Å². The van der Waals surface area contributed by atoms with Crippen molar-refractivity contribution >= 4 is 15.8 Å². The Morgan fingerprint density at radius 2 is 1.72 bits per heavy atom. The summed E-state index contributed by atoms with van der Waals surface area (Å²) in [6.07, 6.45) is 4.90. The van der Waals surface area contributed by atoms with Gasteiger partial charge in [0.15, 0.2) is 0 Å². The molecule has 25 heavy (non-hydrogen) atoms. The predicted octanol–water partition coefficient (Wildman–Crippen LogP) is 2.76. The van der Waals surface area contributed by atoms with Gasteiger partial charge in [-0.3, -0.25) is 0 Å². The lowest BCUT2D eigenvalue weighted by atomic mass is 9.79. The van der Waals surface area contributed by atoms with Crippen molar-refractivity contribution in [2.24, 2.45) is 5.41 Å². The Balaban J connectivity index is 1.53.